The fraction of sp³-hybridized carbons (Fsp3) is 0.700. The summed E-state index contributed by atoms with van der Waals surface area (Å²) in [4.78, 5) is 0. The molecule has 1 fully saturated rings. The van der Waals surface area contributed by atoms with Crippen LogP contribution >= 0.6 is 0 Å². The predicted molar refractivity (Wildman–Crippen MR) is 49.4 cm³/mol. The Morgan fingerprint density at radius 1 is 1.50 bits per heavy atom. The maximum atomic E-state index is 13.6. The van der Waals surface area contributed by atoms with Gasteiger partial charge >= 0.3 is 0 Å². The van der Waals surface area contributed by atoms with Crippen LogP contribution in [0.4, 0.5) is 8.78 Å². The van der Waals surface area contributed by atoms with E-state index in [9.17, 15) is 8.78 Å². The normalized spacial score (nSPS) is 26.4. The van der Waals surface area contributed by atoms with Gasteiger partial charge in [0, 0.05) is 18.3 Å². The van der Waals surface area contributed by atoms with E-state index in [2.05, 4.69) is 5.10 Å². The van der Waals surface area contributed by atoms with E-state index in [0.717, 1.165) is 12.1 Å². The van der Waals surface area contributed by atoms with Crippen molar-refractivity contribution in [3.63, 3.8) is 0 Å². The summed E-state index contributed by atoms with van der Waals surface area (Å²) in [6.07, 6.45) is 3.62. The van der Waals surface area contributed by atoms with E-state index in [-0.39, 0.29) is 6.42 Å². The summed E-state index contributed by atoms with van der Waals surface area (Å²) in [5, 5.41) is 3.97. The second-order valence-corrected chi connectivity index (χ2v) is 3.94. The molecule has 1 atom stereocenters. The molecule has 2 rings (SSSR count). The molecule has 0 amide bonds. The molecule has 0 aliphatic heterocycles. The van der Waals surface area contributed by atoms with Crippen LogP contribution in [0.2, 0.25) is 0 Å². The van der Waals surface area contributed by atoms with Gasteiger partial charge < -0.3 is 0 Å². The third-order valence-corrected chi connectivity index (χ3v) is 2.89. The molecule has 1 aliphatic carbocycles. The van der Waals surface area contributed by atoms with Crippen molar-refractivity contribution in [2.75, 3.05) is 0 Å². The van der Waals surface area contributed by atoms with Gasteiger partial charge in [-0.3, -0.25) is 4.68 Å². The predicted octanol–water partition coefficient (Wildman–Crippen LogP) is 2.94. The van der Waals surface area contributed by atoms with Gasteiger partial charge in [-0.25, -0.2) is 8.78 Å². The lowest BCUT2D eigenvalue weighted by Crippen LogP contribution is -2.35. The summed E-state index contributed by atoms with van der Waals surface area (Å²) in [5.41, 5.74) is 0.816. The smallest absolute Gasteiger partial charge is 0.261 e. The molecule has 1 aliphatic rings. The van der Waals surface area contributed by atoms with Crippen LogP contribution in [0, 0.1) is 6.92 Å². The van der Waals surface area contributed by atoms with Crippen LogP contribution in [0.25, 0.3) is 0 Å². The zero-order valence-corrected chi connectivity index (χ0v) is 8.21. The van der Waals surface area contributed by atoms with E-state index in [1.165, 1.54) is 4.68 Å². The van der Waals surface area contributed by atoms with Crippen molar-refractivity contribution in [2.45, 2.75) is 44.6 Å². The summed E-state index contributed by atoms with van der Waals surface area (Å²) in [6.45, 7) is 1.82. The minimum Gasteiger partial charge on any atom is -0.261 e. The van der Waals surface area contributed by atoms with Crippen molar-refractivity contribution in [2.24, 2.45) is 0 Å². The lowest BCUT2D eigenvalue weighted by molar-refractivity contribution is -0.0824. The van der Waals surface area contributed by atoms with Gasteiger partial charge in [0.25, 0.3) is 5.92 Å². The first-order valence-electron chi connectivity index (χ1n) is 4.99. The molecule has 0 radical (unpaired) electrons. The molecule has 0 spiro atoms. The van der Waals surface area contributed by atoms with Gasteiger partial charge in [-0.1, -0.05) is 6.42 Å². The Balaban J connectivity index is 2.28. The summed E-state index contributed by atoms with van der Waals surface area (Å²) < 4.78 is 28.6. The molecule has 0 bridgehead atoms. The Hall–Kier alpha value is -0.930. The lowest BCUT2D eigenvalue weighted by atomic mass is 9.91. The Morgan fingerprint density at radius 3 is 2.86 bits per heavy atom. The minimum atomic E-state index is -2.59. The summed E-state index contributed by atoms with van der Waals surface area (Å²) in [7, 11) is 0. The molecule has 1 unspecified atom stereocenters. The van der Waals surface area contributed by atoms with Gasteiger partial charge in [-0.15, -0.1) is 0 Å². The molecule has 0 aromatic carbocycles. The average molecular weight is 200 g/mol. The van der Waals surface area contributed by atoms with Gasteiger partial charge in [0.2, 0.25) is 0 Å². The standard InChI is InChI=1S/C10H14F2N2/c1-8-5-7-13-14(8)9-4-2-3-6-10(9,11)12/h5,7,9H,2-4,6H2,1H3. The van der Waals surface area contributed by atoms with Gasteiger partial charge in [0.1, 0.15) is 6.04 Å². The van der Waals surface area contributed by atoms with Crippen LogP contribution in [0.15, 0.2) is 12.3 Å². The largest absolute Gasteiger partial charge is 0.270 e. The third kappa shape index (κ3) is 1.53. The second kappa shape index (κ2) is 3.33. The van der Waals surface area contributed by atoms with Crippen molar-refractivity contribution in [1.29, 1.82) is 0 Å². The van der Waals surface area contributed by atoms with E-state index >= 15 is 0 Å². The van der Waals surface area contributed by atoms with Crippen molar-refractivity contribution >= 4 is 0 Å². The van der Waals surface area contributed by atoms with E-state index in [0.29, 0.717) is 12.8 Å². The first kappa shape index (κ1) is 9.62. The van der Waals surface area contributed by atoms with E-state index < -0.39 is 12.0 Å². The van der Waals surface area contributed by atoms with Crippen LogP contribution in [0.5, 0.6) is 0 Å². The number of halogens is 2. The molecule has 1 aromatic rings. The zero-order chi connectivity index (χ0) is 10.2. The maximum Gasteiger partial charge on any atom is 0.270 e. The number of hydrogen-bond acceptors (Lipinski definition) is 1. The van der Waals surface area contributed by atoms with Crippen molar-refractivity contribution < 1.29 is 8.78 Å². The molecule has 1 aromatic heterocycles. The van der Waals surface area contributed by atoms with Gasteiger partial charge in [0.15, 0.2) is 0 Å². The highest BCUT2D eigenvalue weighted by Gasteiger charge is 2.43. The first-order valence-corrected chi connectivity index (χ1v) is 4.99. The molecule has 14 heavy (non-hydrogen) atoms. The lowest BCUT2D eigenvalue weighted by Gasteiger charge is -2.32. The molecule has 1 saturated carbocycles. The van der Waals surface area contributed by atoms with Gasteiger partial charge in [0.05, 0.1) is 0 Å². The fourth-order valence-corrected chi connectivity index (χ4v) is 2.08. The highest BCUT2D eigenvalue weighted by molar-refractivity contribution is 5.01. The number of hydrogen-bond donors (Lipinski definition) is 0. The molecular formula is C10H14F2N2. The number of nitrogens with zero attached hydrogens (tertiary/aromatic N) is 2. The van der Waals surface area contributed by atoms with Crippen LogP contribution in [-0.2, 0) is 0 Å². The Labute approximate surface area is 81.9 Å². The molecule has 2 nitrogen and oxygen atoms in total. The zero-order valence-electron chi connectivity index (χ0n) is 8.21. The van der Waals surface area contributed by atoms with E-state index in [1.807, 2.05) is 6.92 Å². The van der Waals surface area contributed by atoms with Gasteiger partial charge in [-0.2, -0.15) is 5.10 Å². The summed E-state index contributed by atoms with van der Waals surface area (Å²) in [5.74, 6) is -2.59. The van der Waals surface area contributed by atoms with Crippen molar-refractivity contribution in [3.8, 4) is 0 Å². The number of alkyl halides is 2. The number of aromatic nitrogens is 2. The summed E-state index contributed by atoms with van der Waals surface area (Å²) in [6, 6.07) is 1.04. The number of aryl methyl sites for hydroxylation is 1. The highest BCUT2D eigenvalue weighted by atomic mass is 19.3. The van der Waals surface area contributed by atoms with Gasteiger partial charge in [-0.05, 0) is 25.8 Å². The summed E-state index contributed by atoms with van der Waals surface area (Å²) >= 11 is 0. The molecule has 0 N–H and O–H groups in total. The van der Waals surface area contributed by atoms with Crippen LogP contribution in [0.1, 0.15) is 37.4 Å². The Kier molecular flexibility index (Phi) is 2.29. The van der Waals surface area contributed by atoms with E-state index in [1.54, 1.807) is 12.3 Å². The minimum absolute atomic E-state index is 0.00301. The van der Waals surface area contributed by atoms with Crippen LogP contribution in [0.3, 0.4) is 0 Å². The van der Waals surface area contributed by atoms with Crippen molar-refractivity contribution in [3.05, 3.63) is 18.0 Å². The van der Waals surface area contributed by atoms with Crippen LogP contribution < -0.4 is 0 Å². The average Bonchev–Trinajstić information content (AvgIpc) is 2.51. The number of rotatable bonds is 1. The monoisotopic (exact) mass is 200 g/mol. The molecular weight excluding hydrogens is 186 g/mol. The topological polar surface area (TPSA) is 17.8 Å². The van der Waals surface area contributed by atoms with E-state index in [4.69, 9.17) is 0 Å². The second-order valence-electron chi connectivity index (χ2n) is 3.94. The van der Waals surface area contributed by atoms with Crippen LogP contribution in [-0.4, -0.2) is 15.7 Å². The molecule has 1 heterocycles. The molecule has 0 saturated heterocycles. The highest BCUT2D eigenvalue weighted by Crippen LogP contribution is 2.41. The SMILES string of the molecule is Cc1ccnn1C1CCCCC1(F)F. The maximum absolute atomic E-state index is 13.6. The third-order valence-electron chi connectivity index (χ3n) is 2.89. The quantitative estimate of drug-likeness (QED) is 0.681. The fourth-order valence-electron chi connectivity index (χ4n) is 2.08. The van der Waals surface area contributed by atoms with Crippen molar-refractivity contribution in [1.82, 2.24) is 9.78 Å². The Bertz CT molecular complexity index is 320. The molecule has 78 valence electrons. The Morgan fingerprint density at radius 2 is 2.29 bits per heavy atom. The molecule has 4 heteroatoms. The first-order chi connectivity index (χ1) is 6.61.